The van der Waals surface area contributed by atoms with Crippen LogP contribution in [0.25, 0.3) is 0 Å². The summed E-state index contributed by atoms with van der Waals surface area (Å²) in [4.78, 5) is 31.1. The fourth-order valence-corrected chi connectivity index (χ4v) is 3.63. The number of amides is 2. The van der Waals surface area contributed by atoms with Crippen LogP contribution in [0.4, 0.5) is 5.69 Å². The summed E-state index contributed by atoms with van der Waals surface area (Å²) < 4.78 is 0. The molecule has 0 spiro atoms. The molecule has 2 saturated heterocycles. The van der Waals surface area contributed by atoms with E-state index in [0.717, 1.165) is 51.3 Å². The Morgan fingerprint density at radius 2 is 1.88 bits per heavy atom. The van der Waals surface area contributed by atoms with E-state index in [1.807, 2.05) is 47.2 Å². The van der Waals surface area contributed by atoms with Crippen LogP contribution in [0.5, 0.6) is 0 Å². The summed E-state index contributed by atoms with van der Waals surface area (Å²) >= 11 is 0. The minimum absolute atomic E-state index is 0. The van der Waals surface area contributed by atoms with E-state index in [1.54, 1.807) is 0 Å². The molecular weight excluding hydrogens is 352 g/mol. The van der Waals surface area contributed by atoms with Crippen LogP contribution in [0.15, 0.2) is 30.3 Å². The average Bonchev–Trinajstić information content (AvgIpc) is 2.67. The van der Waals surface area contributed by atoms with Crippen molar-refractivity contribution in [1.29, 1.82) is 0 Å². The fourth-order valence-electron chi connectivity index (χ4n) is 3.63. The van der Waals surface area contributed by atoms with Crippen LogP contribution in [-0.4, -0.2) is 74.0 Å². The number of benzene rings is 1. The van der Waals surface area contributed by atoms with Gasteiger partial charge in [-0.3, -0.25) is 14.5 Å². The van der Waals surface area contributed by atoms with E-state index in [0.29, 0.717) is 13.0 Å². The molecule has 7 heteroatoms. The first-order chi connectivity index (χ1) is 12.2. The lowest BCUT2D eigenvalue weighted by Gasteiger charge is -2.37. The Labute approximate surface area is 161 Å². The molecule has 1 atom stereocenters. The predicted molar refractivity (Wildman–Crippen MR) is 106 cm³/mol. The summed E-state index contributed by atoms with van der Waals surface area (Å²) in [6.07, 6.45) is 2.33. The molecule has 0 aromatic heterocycles. The molecule has 1 N–H and O–H groups in total. The van der Waals surface area contributed by atoms with Crippen molar-refractivity contribution >= 4 is 29.9 Å². The highest BCUT2D eigenvalue weighted by Gasteiger charge is 2.32. The second-order valence-corrected chi connectivity index (χ2v) is 6.84. The minimum atomic E-state index is -0.134. The van der Waals surface area contributed by atoms with Crippen LogP contribution in [0.1, 0.15) is 19.3 Å². The van der Waals surface area contributed by atoms with Gasteiger partial charge in [0.05, 0.1) is 6.04 Å². The Kier molecular flexibility index (Phi) is 7.87. The van der Waals surface area contributed by atoms with Gasteiger partial charge in [-0.2, -0.15) is 0 Å². The van der Waals surface area contributed by atoms with Gasteiger partial charge >= 0.3 is 0 Å². The van der Waals surface area contributed by atoms with Gasteiger partial charge in [0.25, 0.3) is 0 Å². The zero-order valence-electron chi connectivity index (χ0n) is 15.4. The van der Waals surface area contributed by atoms with Crippen molar-refractivity contribution in [2.24, 2.45) is 0 Å². The van der Waals surface area contributed by atoms with E-state index >= 15 is 0 Å². The van der Waals surface area contributed by atoms with Crippen LogP contribution in [0.3, 0.4) is 0 Å². The Morgan fingerprint density at radius 1 is 1.19 bits per heavy atom. The van der Waals surface area contributed by atoms with Gasteiger partial charge in [-0.25, -0.2) is 0 Å². The second-order valence-electron chi connectivity index (χ2n) is 6.84. The summed E-state index contributed by atoms with van der Waals surface area (Å²) in [5.74, 6) is 0.339. The summed E-state index contributed by atoms with van der Waals surface area (Å²) in [5.41, 5.74) is 0.961. The van der Waals surface area contributed by atoms with Crippen LogP contribution in [-0.2, 0) is 9.59 Å². The molecule has 2 aliphatic heterocycles. The van der Waals surface area contributed by atoms with Crippen molar-refractivity contribution < 1.29 is 9.59 Å². The van der Waals surface area contributed by atoms with Gasteiger partial charge in [0.1, 0.15) is 0 Å². The number of nitrogens with one attached hydrogen (secondary N) is 1. The van der Waals surface area contributed by atoms with Gasteiger partial charge in [-0.15, -0.1) is 12.4 Å². The average molecular weight is 381 g/mol. The van der Waals surface area contributed by atoms with Crippen LogP contribution < -0.4 is 10.2 Å². The van der Waals surface area contributed by atoms with Crippen LogP contribution in [0, 0.1) is 0 Å². The molecule has 6 nitrogen and oxygen atoms in total. The Balaban J connectivity index is 0.00000243. The maximum atomic E-state index is 12.9. The first-order valence-corrected chi connectivity index (χ1v) is 9.22. The number of hydrogen-bond acceptors (Lipinski definition) is 4. The van der Waals surface area contributed by atoms with E-state index in [1.165, 1.54) is 0 Å². The molecule has 2 heterocycles. The predicted octanol–water partition coefficient (Wildman–Crippen LogP) is 1.36. The number of piperidine rings is 1. The molecule has 3 rings (SSSR count). The van der Waals surface area contributed by atoms with Gasteiger partial charge in [0.15, 0.2) is 0 Å². The van der Waals surface area contributed by atoms with Crippen molar-refractivity contribution in [2.45, 2.75) is 25.3 Å². The smallest absolute Gasteiger partial charge is 0.244 e. The van der Waals surface area contributed by atoms with Crippen LogP contribution >= 0.6 is 12.4 Å². The maximum Gasteiger partial charge on any atom is 0.244 e. The van der Waals surface area contributed by atoms with Crippen molar-refractivity contribution in [1.82, 2.24) is 15.1 Å². The molecule has 0 aliphatic carbocycles. The van der Waals surface area contributed by atoms with E-state index in [2.05, 4.69) is 10.2 Å². The molecule has 2 fully saturated rings. The third-order valence-electron chi connectivity index (χ3n) is 5.16. The summed E-state index contributed by atoms with van der Waals surface area (Å²) in [6, 6.07) is 9.71. The molecule has 0 saturated carbocycles. The highest BCUT2D eigenvalue weighted by atomic mass is 35.5. The lowest BCUT2D eigenvalue weighted by atomic mass is 10.0. The first-order valence-electron chi connectivity index (χ1n) is 9.22. The number of halogens is 1. The Bertz CT molecular complexity index is 592. The Hall–Kier alpha value is -1.63. The Morgan fingerprint density at radius 3 is 2.58 bits per heavy atom. The third-order valence-corrected chi connectivity index (χ3v) is 5.16. The fraction of sp³-hybridized carbons (Fsp3) is 0.579. The van der Waals surface area contributed by atoms with Crippen LogP contribution in [0.2, 0.25) is 0 Å². The second kappa shape index (κ2) is 9.90. The molecule has 26 heavy (non-hydrogen) atoms. The van der Waals surface area contributed by atoms with Crippen molar-refractivity contribution in [3.8, 4) is 0 Å². The topological polar surface area (TPSA) is 55.9 Å². The van der Waals surface area contributed by atoms with E-state index < -0.39 is 0 Å². The van der Waals surface area contributed by atoms with Crippen molar-refractivity contribution in [3.05, 3.63) is 30.3 Å². The van der Waals surface area contributed by atoms with E-state index in [9.17, 15) is 9.59 Å². The van der Waals surface area contributed by atoms with Crippen molar-refractivity contribution in [2.75, 3.05) is 51.2 Å². The molecule has 0 radical (unpaired) electrons. The molecule has 2 amide bonds. The minimum Gasteiger partial charge on any atom is -0.340 e. The quantitative estimate of drug-likeness (QED) is 0.838. The number of likely N-dealkylation sites (N-methyl/N-ethyl adjacent to an activating group) is 1. The molecule has 1 aromatic carbocycles. The number of anilines is 1. The largest absolute Gasteiger partial charge is 0.340 e. The van der Waals surface area contributed by atoms with Gasteiger partial charge in [0.2, 0.25) is 11.8 Å². The number of para-hydroxylation sites is 1. The van der Waals surface area contributed by atoms with E-state index in [-0.39, 0.29) is 30.3 Å². The number of rotatable bonds is 5. The summed E-state index contributed by atoms with van der Waals surface area (Å²) in [5, 5.41) is 3.26. The zero-order chi connectivity index (χ0) is 17.6. The maximum absolute atomic E-state index is 12.9. The molecule has 2 aliphatic rings. The lowest BCUT2D eigenvalue weighted by molar-refractivity contribution is -0.133. The van der Waals surface area contributed by atoms with Gasteiger partial charge < -0.3 is 15.1 Å². The standard InChI is InChI=1S/C19H28N4O2.ClH/c1-21(13-9-18(24)22-14-10-20-11-15-22)17-8-5-12-23(19(17)25)16-6-3-2-4-7-16;/h2-4,6-7,17,20H,5,8-15H2,1H3;1H. The van der Waals surface area contributed by atoms with Gasteiger partial charge in [-0.1, -0.05) is 18.2 Å². The summed E-state index contributed by atoms with van der Waals surface area (Å²) in [6.45, 7) is 4.71. The number of hydrogen-bond donors (Lipinski definition) is 1. The third kappa shape index (κ3) is 4.96. The van der Waals surface area contributed by atoms with Crippen molar-refractivity contribution in [3.63, 3.8) is 0 Å². The molecular formula is C19H29ClN4O2. The number of piperazine rings is 1. The van der Waals surface area contributed by atoms with Gasteiger partial charge in [0, 0.05) is 51.4 Å². The number of carbonyl (C=O) groups excluding carboxylic acids is 2. The molecule has 144 valence electrons. The normalized spacial score (nSPS) is 20.8. The highest BCUT2D eigenvalue weighted by Crippen LogP contribution is 2.23. The molecule has 1 unspecified atom stereocenters. The SMILES string of the molecule is CN(CCC(=O)N1CCNCC1)C1CCCN(c2ccccc2)C1=O.Cl. The highest BCUT2D eigenvalue weighted by molar-refractivity contribution is 5.97. The zero-order valence-corrected chi connectivity index (χ0v) is 16.2. The number of carbonyl (C=O) groups is 2. The lowest BCUT2D eigenvalue weighted by Crippen LogP contribution is -2.52. The number of nitrogens with zero attached hydrogens (tertiary/aromatic N) is 3. The monoisotopic (exact) mass is 380 g/mol. The molecule has 1 aromatic rings. The molecule has 0 bridgehead atoms. The van der Waals surface area contributed by atoms with Gasteiger partial charge in [-0.05, 0) is 32.0 Å². The first kappa shape index (κ1) is 20.7. The van der Waals surface area contributed by atoms with E-state index in [4.69, 9.17) is 0 Å². The summed E-state index contributed by atoms with van der Waals surface area (Å²) in [7, 11) is 1.96.